The first-order chi connectivity index (χ1) is 8.11. The number of amides is 1. The van der Waals surface area contributed by atoms with Crippen LogP contribution in [0.15, 0.2) is 35.3 Å². The second kappa shape index (κ2) is 4.41. The number of hydrogen-bond acceptors (Lipinski definition) is 2. The van der Waals surface area contributed by atoms with Crippen LogP contribution in [-0.2, 0) is 17.8 Å². The highest BCUT2D eigenvalue weighted by Crippen LogP contribution is 2.13. The molecule has 0 bridgehead atoms. The number of hydrogen-bond donors (Lipinski definition) is 1. The van der Waals surface area contributed by atoms with Crippen molar-refractivity contribution in [1.29, 1.82) is 0 Å². The zero-order valence-electron chi connectivity index (χ0n) is 9.64. The summed E-state index contributed by atoms with van der Waals surface area (Å²) in [6, 6.07) is 7.15. The van der Waals surface area contributed by atoms with Crippen LogP contribution in [0.5, 0.6) is 0 Å². The van der Waals surface area contributed by atoms with Crippen molar-refractivity contribution in [3.8, 4) is 0 Å². The van der Waals surface area contributed by atoms with Gasteiger partial charge < -0.3 is 10.3 Å². The fourth-order valence-corrected chi connectivity index (χ4v) is 1.88. The van der Waals surface area contributed by atoms with Crippen molar-refractivity contribution in [2.24, 2.45) is 5.73 Å². The minimum Gasteiger partial charge on any atom is -0.368 e. The third-order valence-corrected chi connectivity index (χ3v) is 2.78. The topological polar surface area (TPSA) is 65.1 Å². The van der Waals surface area contributed by atoms with Gasteiger partial charge in [-0.05, 0) is 24.1 Å². The first-order valence-corrected chi connectivity index (χ1v) is 5.52. The molecule has 1 aromatic heterocycles. The number of pyridine rings is 1. The number of fused-ring (bicyclic) bond motifs is 1. The van der Waals surface area contributed by atoms with E-state index < -0.39 is 5.91 Å². The lowest BCUT2D eigenvalue weighted by atomic mass is 10.1. The van der Waals surface area contributed by atoms with Gasteiger partial charge in [-0.3, -0.25) is 9.59 Å². The lowest BCUT2D eigenvalue weighted by molar-refractivity contribution is -0.118. The molecule has 1 amide bonds. The molecular weight excluding hydrogens is 216 g/mol. The number of nitrogens with zero attached hydrogens (tertiary/aromatic N) is 1. The van der Waals surface area contributed by atoms with Gasteiger partial charge in [0.05, 0.1) is 5.52 Å². The maximum atomic E-state index is 11.8. The molecule has 1 aromatic carbocycles. The van der Waals surface area contributed by atoms with Crippen molar-refractivity contribution >= 4 is 16.8 Å². The van der Waals surface area contributed by atoms with E-state index in [1.807, 2.05) is 25.1 Å². The molecule has 0 aliphatic rings. The molecule has 2 N–H and O–H groups in total. The first-order valence-electron chi connectivity index (χ1n) is 5.52. The molecule has 0 spiro atoms. The van der Waals surface area contributed by atoms with Crippen LogP contribution in [0.25, 0.3) is 10.9 Å². The summed E-state index contributed by atoms with van der Waals surface area (Å²) in [5.74, 6) is -0.422. The predicted molar refractivity (Wildman–Crippen MR) is 66.8 cm³/mol. The molecule has 2 aromatic rings. The standard InChI is InChI=1S/C13H14N2O2/c1-2-9-3-4-11-10(7-9)12(16)5-6-15(11)8-13(14)17/h3-7H,2,8H2,1H3,(H2,14,17). The molecule has 0 fully saturated rings. The van der Waals surface area contributed by atoms with Gasteiger partial charge in [0.1, 0.15) is 6.54 Å². The Bertz CT molecular complexity index is 629. The average molecular weight is 230 g/mol. The Labute approximate surface area is 98.7 Å². The Morgan fingerprint density at radius 3 is 2.76 bits per heavy atom. The molecule has 4 heteroatoms. The number of carbonyl (C=O) groups is 1. The molecule has 0 aliphatic carbocycles. The van der Waals surface area contributed by atoms with Crippen LogP contribution in [0.2, 0.25) is 0 Å². The Kier molecular flexibility index (Phi) is 2.95. The van der Waals surface area contributed by atoms with Crippen molar-refractivity contribution in [1.82, 2.24) is 4.57 Å². The second-order valence-corrected chi connectivity index (χ2v) is 3.98. The summed E-state index contributed by atoms with van der Waals surface area (Å²) >= 11 is 0. The molecule has 0 atom stereocenters. The zero-order chi connectivity index (χ0) is 12.4. The summed E-state index contributed by atoms with van der Waals surface area (Å²) < 4.78 is 1.69. The summed E-state index contributed by atoms with van der Waals surface area (Å²) in [4.78, 5) is 22.7. The van der Waals surface area contributed by atoms with Gasteiger partial charge in [-0.15, -0.1) is 0 Å². The van der Waals surface area contributed by atoms with Crippen molar-refractivity contribution in [2.75, 3.05) is 0 Å². The molecule has 1 heterocycles. The van der Waals surface area contributed by atoms with Gasteiger partial charge in [0.15, 0.2) is 5.43 Å². The summed E-state index contributed by atoms with van der Waals surface area (Å²) in [7, 11) is 0. The number of carbonyl (C=O) groups excluding carboxylic acids is 1. The molecule has 4 nitrogen and oxygen atoms in total. The third kappa shape index (κ3) is 2.20. The molecule has 0 aliphatic heterocycles. The quantitative estimate of drug-likeness (QED) is 0.856. The van der Waals surface area contributed by atoms with Gasteiger partial charge in [-0.25, -0.2) is 0 Å². The average Bonchev–Trinajstić information content (AvgIpc) is 2.32. The highest BCUT2D eigenvalue weighted by Gasteiger charge is 2.05. The van der Waals surface area contributed by atoms with Crippen LogP contribution in [0.3, 0.4) is 0 Å². The van der Waals surface area contributed by atoms with E-state index >= 15 is 0 Å². The van der Waals surface area contributed by atoms with Gasteiger partial charge in [0, 0.05) is 17.6 Å². The second-order valence-electron chi connectivity index (χ2n) is 3.98. The van der Waals surface area contributed by atoms with Crippen molar-refractivity contribution in [3.63, 3.8) is 0 Å². The number of aryl methyl sites for hydroxylation is 1. The Hall–Kier alpha value is -2.10. The summed E-state index contributed by atoms with van der Waals surface area (Å²) in [5.41, 5.74) is 6.99. The lowest BCUT2D eigenvalue weighted by Crippen LogP contribution is -2.20. The predicted octanol–water partition coefficient (Wildman–Crippen LogP) is 1.05. The minimum atomic E-state index is -0.422. The Morgan fingerprint density at radius 2 is 2.12 bits per heavy atom. The van der Waals surface area contributed by atoms with E-state index in [4.69, 9.17) is 5.73 Å². The van der Waals surface area contributed by atoms with Gasteiger partial charge >= 0.3 is 0 Å². The molecule has 17 heavy (non-hydrogen) atoms. The van der Waals surface area contributed by atoms with Crippen LogP contribution in [0, 0.1) is 0 Å². The molecule has 0 radical (unpaired) electrons. The number of primary amides is 1. The van der Waals surface area contributed by atoms with Crippen LogP contribution in [0.4, 0.5) is 0 Å². The molecule has 2 rings (SSSR count). The van der Waals surface area contributed by atoms with E-state index in [9.17, 15) is 9.59 Å². The SMILES string of the molecule is CCc1ccc2c(c1)c(=O)ccn2CC(N)=O. The zero-order valence-corrected chi connectivity index (χ0v) is 9.64. The van der Waals surface area contributed by atoms with Crippen LogP contribution in [0.1, 0.15) is 12.5 Å². The number of nitrogens with two attached hydrogens (primary N) is 1. The lowest BCUT2D eigenvalue weighted by Gasteiger charge is -2.09. The molecule has 0 saturated carbocycles. The maximum Gasteiger partial charge on any atom is 0.237 e. The van der Waals surface area contributed by atoms with E-state index in [1.54, 1.807) is 10.8 Å². The third-order valence-electron chi connectivity index (χ3n) is 2.78. The largest absolute Gasteiger partial charge is 0.368 e. The van der Waals surface area contributed by atoms with E-state index in [2.05, 4.69) is 0 Å². The van der Waals surface area contributed by atoms with Crippen LogP contribution >= 0.6 is 0 Å². The van der Waals surface area contributed by atoms with Crippen molar-refractivity contribution < 1.29 is 4.79 Å². The fraction of sp³-hybridized carbons (Fsp3) is 0.231. The summed E-state index contributed by atoms with van der Waals surface area (Å²) in [6.07, 6.45) is 2.47. The highest BCUT2D eigenvalue weighted by atomic mass is 16.1. The van der Waals surface area contributed by atoms with Gasteiger partial charge in [-0.2, -0.15) is 0 Å². The van der Waals surface area contributed by atoms with Gasteiger partial charge in [0.25, 0.3) is 0 Å². The van der Waals surface area contributed by atoms with E-state index in [0.29, 0.717) is 5.39 Å². The number of rotatable bonds is 3. The van der Waals surface area contributed by atoms with Gasteiger partial charge in [0.2, 0.25) is 5.91 Å². The Balaban J connectivity index is 2.69. The minimum absolute atomic E-state index is 0.0315. The fourth-order valence-electron chi connectivity index (χ4n) is 1.88. The molecule has 88 valence electrons. The Morgan fingerprint density at radius 1 is 1.35 bits per heavy atom. The molecular formula is C13H14N2O2. The highest BCUT2D eigenvalue weighted by molar-refractivity contribution is 5.82. The van der Waals surface area contributed by atoms with Crippen LogP contribution in [-0.4, -0.2) is 10.5 Å². The van der Waals surface area contributed by atoms with Crippen LogP contribution < -0.4 is 11.2 Å². The smallest absolute Gasteiger partial charge is 0.237 e. The van der Waals surface area contributed by atoms with Crippen molar-refractivity contribution in [2.45, 2.75) is 19.9 Å². The van der Waals surface area contributed by atoms with E-state index in [0.717, 1.165) is 17.5 Å². The summed E-state index contributed by atoms with van der Waals surface area (Å²) in [6.45, 7) is 2.12. The van der Waals surface area contributed by atoms with E-state index in [-0.39, 0.29) is 12.0 Å². The summed E-state index contributed by atoms with van der Waals surface area (Å²) in [5, 5.41) is 0.633. The molecule has 0 unspecified atom stereocenters. The van der Waals surface area contributed by atoms with Gasteiger partial charge in [-0.1, -0.05) is 13.0 Å². The monoisotopic (exact) mass is 230 g/mol. The van der Waals surface area contributed by atoms with E-state index in [1.165, 1.54) is 6.07 Å². The molecule has 0 saturated heterocycles. The number of aromatic nitrogens is 1. The normalized spacial score (nSPS) is 10.6. The van der Waals surface area contributed by atoms with Crippen molar-refractivity contribution in [3.05, 3.63) is 46.2 Å². The maximum absolute atomic E-state index is 11.8. The first kappa shape index (κ1) is 11.4. The number of benzene rings is 1.